The molecule has 3 N–H and O–H groups in total. The molecule has 0 rings (SSSR count). The summed E-state index contributed by atoms with van der Waals surface area (Å²) < 4.78 is 32.8. The number of phosphoric acid groups is 1. The predicted molar refractivity (Wildman–Crippen MR) is 238 cm³/mol. The molecule has 0 amide bonds. The monoisotopic (exact) mass is 845 g/mol. The van der Waals surface area contributed by atoms with E-state index >= 15 is 0 Å². The van der Waals surface area contributed by atoms with E-state index < -0.39 is 51.8 Å². The molecule has 0 aliphatic rings. The molecule has 0 fully saturated rings. The van der Waals surface area contributed by atoms with Crippen LogP contribution in [0.3, 0.4) is 0 Å². The number of allylic oxidation sites excluding steroid dienone is 4. The highest BCUT2D eigenvalue weighted by atomic mass is 31.2. The summed E-state index contributed by atoms with van der Waals surface area (Å²) >= 11 is 0. The van der Waals surface area contributed by atoms with Crippen molar-refractivity contribution in [2.24, 2.45) is 0 Å². The summed E-state index contributed by atoms with van der Waals surface area (Å²) in [5.74, 6) is -0.918. The number of carbonyl (C=O) groups is 2. The average molecular weight is 845 g/mol. The van der Waals surface area contributed by atoms with Crippen LogP contribution in [-0.2, 0) is 32.7 Å². The minimum Gasteiger partial charge on any atom is -0.462 e. The number of hydrogen-bond acceptors (Lipinski definition) is 9. The molecular formula is C47H89O10P. The molecule has 0 aromatic carbocycles. The Balaban J connectivity index is 4.22. The second kappa shape index (κ2) is 43.5. The second-order valence-corrected chi connectivity index (χ2v) is 17.6. The van der Waals surface area contributed by atoms with Gasteiger partial charge in [0, 0.05) is 12.8 Å². The van der Waals surface area contributed by atoms with Crippen LogP contribution >= 0.6 is 7.82 Å². The summed E-state index contributed by atoms with van der Waals surface area (Å²) in [6.07, 6.45) is 44.2. The fourth-order valence-corrected chi connectivity index (χ4v) is 7.46. The van der Waals surface area contributed by atoms with Gasteiger partial charge in [-0.1, -0.05) is 192 Å². The molecule has 0 radical (unpaired) electrons. The van der Waals surface area contributed by atoms with Gasteiger partial charge in [-0.3, -0.25) is 18.6 Å². The van der Waals surface area contributed by atoms with Crippen LogP contribution in [-0.4, -0.2) is 65.7 Å². The Kier molecular flexibility index (Phi) is 42.4. The highest BCUT2D eigenvalue weighted by Crippen LogP contribution is 2.43. The Morgan fingerprint density at radius 2 is 0.897 bits per heavy atom. The van der Waals surface area contributed by atoms with Crippen molar-refractivity contribution in [3.63, 3.8) is 0 Å². The SMILES string of the molecule is CCCCC/C=C\C/C=C\CCCCCCCCCCCC(=O)O[C@H](COC(=O)CCCCCCCCCCCCCCCCCC)COP(=O)(O)OC[C@@H](O)CO. The van der Waals surface area contributed by atoms with Crippen LogP contribution < -0.4 is 0 Å². The second-order valence-electron chi connectivity index (χ2n) is 16.1. The van der Waals surface area contributed by atoms with Gasteiger partial charge in [-0.25, -0.2) is 4.57 Å². The molecule has 342 valence electrons. The lowest BCUT2D eigenvalue weighted by molar-refractivity contribution is -0.161. The van der Waals surface area contributed by atoms with Crippen molar-refractivity contribution in [2.75, 3.05) is 26.4 Å². The molecule has 0 spiro atoms. The smallest absolute Gasteiger partial charge is 0.462 e. The number of ether oxygens (including phenoxy) is 2. The number of rotatable bonds is 45. The van der Waals surface area contributed by atoms with Crippen LogP contribution in [0.2, 0.25) is 0 Å². The third kappa shape index (κ3) is 42.6. The number of carbonyl (C=O) groups excluding carboxylic acids is 2. The van der Waals surface area contributed by atoms with Crippen molar-refractivity contribution < 1.29 is 47.8 Å². The van der Waals surface area contributed by atoms with Gasteiger partial charge < -0.3 is 24.6 Å². The molecule has 0 aromatic heterocycles. The molecule has 0 aliphatic carbocycles. The van der Waals surface area contributed by atoms with Crippen molar-refractivity contribution in [2.45, 2.75) is 238 Å². The first-order valence-electron chi connectivity index (χ1n) is 23.8. The third-order valence-electron chi connectivity index (χ3n) is 10.4. The molecule has 0 saturated carbocycles. The quantitative estimate of drug-likeness (QED) is 0.0234. The molecule has 11 heteroatoms. The van der Waals surface area contributed by atoms with Crippen molar-refractivity contribution in [3.8, 4) is 0 Å². The maximum absolute atomic E-state index is 12.6. The lowest BCUT2D eigenvalue weighted by Gasteiger charge is -2.20. The van der Waals surface area contributed by atoms with Gasteiger partial charge in [-0.15, -0.1) is 0 Å². The molecule has 0 saturated heterocycles. The van der Waals surface area contributed by atoms with Crippen molar-refractivity contribution in [1.82, 2.24) is 0 Å². The topological polar surface area (TPSA) is 149 Å². The summed E-state index contributed by atoms with van der Waals surface area (Å²) in [4.78, 5) is 35.1. The van der Waals surface area contributed by atoms with E-state index in [1.54, 1.807) is 0 Å². The van der Waals surface area contributed by atoms with Gasteiger partial charge in [0.2, 0.25) is 0 Å². The molecule has 0 heterocycles. The summed E-state index contributed by atoms with van der Waals surface area (Å²) in [7, 11) is -4.62. The van der Waals surface area contributed by atoms with Gasteiger partial charge in [0.05, 0.1) is 19.8 Å². The van der Waals surface area contributed by atoms with E-state index in [0.717, 1.165) is 51.4 Å². The third-order valence-corrected chi connectivity index (χ3v) is 11.3. The molecule has 1 unspecified atom stereocenters. The van der Waals surface area contributed by atoms with E-state index in [1.807, 2.05) is 0 Å². The first kappa shape index (κ1) is 56.5. The summed E-state index contributed by atoms with van der Waals surface area (Å²) in [6, 6.07) is 0. The van der Waals surface area contributed by atoms with E-state index in [9.17, 15) is 24.2 Å². The largest absolute Gasteiger partial charge is 0.472 e. The van der Waals surface area contributed by atoms with E-state index in [1.165, 1.54) is 135 Å². The Morgan fingerprint density at radius 1 is 0.517 bits per heavy atom. The van der Waals surface area contributed by atoms with Crippen LogP contribution in [0.1, 0.15) is 226 Å². The van der Waals surface area contributed by atoms with E-state index in [0.29, 0.717) is 12.8 Å². The Morgan fingerprint density at radius 3 is 1.36 bits per heavy atom. The normalized spacial score (nSPS) is 13.9. The summed E-state index contributed by atoms with van der Waals surface area (Å²) in [6.45, 7) is 2.39. The van der Waals surface area contributed by atoms with Crippen LogP contribution in [0.25, 0.3) is 0 Å². The molecule has 0 aromatic rings. The fraction of sp³-hybridized carbons (Fsp3) is 0.872. The van der Waals surface area contributed by atoms with Gasteiger partial charge in [-0.2, -0.15) is 0 Å². The number of unbranched alkanes of at least 4 members (excludes halogenated alkanes) is 27. The zero-order valence-electron chi connectivity index (χ0n) is 37.3. The molecule has 0 aliphatic heterocycles. The Hall–Kier alpha value is -1.55. The van der Waals surface area contributed by atoms with Gasteiger partial charge >= 0.3 is 19.8 Å². The van der Waals surface area contributed by atoms with Crippen molar-refractivity contribution >= 4 is 19.8 Å². The van der Waals surface area contributed by atoms with Gasteiger partial charge in [0.15, 0.2) is 6.10 Å². The number of phosphoric ester groups is 1. The molecular weight excluding hydrogens is 755 g/mol. The first-order chi connectivity index (χ1) is 28.2. The molecule has 0 bridgehead atoms. The minimum atomic E-state index is -4.62. The Bertz CT molecular complexity index is 1020. The number of aliphatic hydroxyl groups excluding tert-OH is 2. The van der Waals surface area contributed by atoms with Crippen molar-refractivity contribution in [3.05, 3.63) is 24.3 Å². The van der Waals surface area contributed by atoms with Gasteiger partial charge in [-0.05, 0) is 44.9 Å². The average Bonchev–Trinajstić information content (AvgIpc) is 3.21. The van der Waals surface area contributed by atoms with Gasteiger partial charge in [0.25, 0.3) is 0 Å². The maximum atomic E-state index is 12.6. The maximum Gasteiger partial charge on any atom is 0.472 e. The molecule has 3 atom stereocenters. The summed E-state index contributed by atoms with van der Waals surface area (Å²) in [5.41, 5.74) is 0. The minimum absolute atomic E-state index is 0.182. The van der Waals surface area contributed by atoms with E-state index in [4.69, 9.17) is 23.6 Å². The van der Waals surface area contributed by atoms with E-state index in [-0.39, 0.29) is 19.4 Å². The summed E-state index contributed by atoms with van der Waals surface area (Å²) in [5, 5.41) is 18.4. The number of esters is 2. The van der Waals surface area contributed by atoms with Crippen LogP contribution in [0.5, 0.6) is 0 Å². The number of aliphatic hydroxyl groups is 2. The lowest BCUT2D eigenvalue weighted by Crippen LogP contribution is -2.29. The van der Waals surface area contributed by atoms with E-state index in [2.05, 4.69) is 38.2 Å². The van der Waals surface area contributed by atoms with Crippen LogP contribution in [0, 0.1) is 0 Å². The Labute approximate surface area is 355 Å². The molecule has 58 heavy (non-hydrogen) atoms. The number of hydrogen-bond donors (Lipinski definition) is 3. The van der Waals surface area contributed by atoms with Crippen LogP contribution in [0.15, 0.2) is 24.3 Å². The zero-order chi connectivity index (χ0) is 42.6. The standard InChI is InChI=1S/C47H89O10P/c1-3-5-7-9-11-13-15-17-19-21-22-23-25-27-29-31-33-35-37-39-47(51)57-45(43-56-58(52,53)55-41-44(49)40-48)42-54-46(50)38-36-34-32-30-28-26-24-20-18-16-14-12-10-8-6-4-2/h11,13,17,19,44-45,48-49H,3-10,12,14-16,18,20-43H2,1-2H3,(H,52,53)/b13-11-,19-17-/t44-,45+/m0/s1. The lowest BCUT2D eigenvalue weighted by atomic mass is 10.0. The highest BCUT2D eigenvalue weighted by molar-refractivity contribution is 7.47. The zero-order valence-corrected chi connectivity index (χ0v) is 38.2. The highest BCUT2D eigenvalue weighted by Gasteiger charge is 2.27. The fourth-order valence-electron chi connectivity index (χ4n) is 6.67. The predicted octanol–water partition coefficient (Wildman–Crippen LogP) is 13.0. The van der Waals surface area contributed by atoms with Crippen LogP contribution in [0.4, 0.5) is 0 Å². The first-order valence-corrected chi connectivity index (χ1v) is 25.3. The van der Waals surface area contributed by atoms with Crippen molar-refractivity contribution in [1.29, 1.82) is 0 Å². The molecule has 10 nitrogen and oxygen atoms in total. The van der Waals surface area contributed by atoms with Gasteiger partial charge in [0.1, 0.15) is 12.7 Å².